The topological polar surface area (TPSA) is 56.4 Å². The fourth-order valence-corrected chi connectivity index (χ4v) is 1.39. The minimum absolute atomic E-state index is 0.302. The van der Waals surface area contributed by atoms with Crippen LogP contribution in [-0.4, -0.2) is 11.4 Å². The maximum Gasteiger partial charge on any atom is 0.0998 e. The highest BCUT2D eigenvalue weighted by molar-refractivity contribution is 5.85. The molecule has 0 aliphatic carbocycles. The van der Waals surface area contributed by atoms with Crippen molar-refractivity contribution in [3.8, 4) is 6.07 Å². The molecule has 1 rings (SSSR count). The zero-order valence-electron chi connectivity index (χ0n) is 8.23. The molecule has 0 fully saturated rings. The first-order valence-electron chi connectivity index (χ1n) is 4.41. The summed E-state index contributed by atoms with van der Waals surface area (Å²) in [6.45, 7) is 4.07. The molecule has 0 spiro atoms. The average Bonchev–Trinajstić information content (AvgIpc) is 2.18. The standard InChI is InChI=1S/C11H12N2O/c1-8(2)10-5-3-4-9(6-12)11(10)7-13-14/h3-5,7-8,14H,1-2H3/b13-7+. The van der Waals surface area contributed by atoms with E-state index in [2.05, 4.69) is 11.2 Å². The lowest BCUT2D eigenvalue weighted by molar-refractivity contribution is 0.322. The second-order valence-electron chi connectivity index (χ2n) is 3.32. The number of nitriles is 1. The van der Waals surface area contributed by atoms with Crippen LogP contribution >= 0.6 is 0 Å². The number of benzene rings is 1. The smallest absolute Gasteiger partial charge is 0.0998 e. The Morgan fingerprint density at radius 1 is 1.50 bits per heavy atom. The van der Waals surface area contributed by atoms with Gasteiger partial charge in [0.2, 0.25) is 0 Å². The zero-order valence-corrected chi connectivity index (χ0v) is 8.23. The molecule has 1 aromatic carbocycles. The van der Waals surface area contributed by atoms with Crippen molar-refractivity contribution in [1.82, 2.24) is 0 Å². The van der Waals surface area contributed by atoms with Gasteiger partial charge in [-0.3, -0.25) is 0 Å². The quantitative estimate of drug-likeness (QED) is 0.440. The van der Waals surface area contributed by atoms with E-state index in [1.165, 1.54) is 6.21 Å². The van der Waals surface area contributed by atoms with Crippen LogP contribution in [0.2, 0.25) is 0 Å². The summed E-state index contributed by atoms with van der Waals surface area (Å²) < 4.78 is 0. The van der Waals surface area contributed by atoms with Gasteiger partial charge in [-0.2, -0.15) is 5.26 Å². The van der Waals surface area contributed by atoms with Gasteiger partial charge in [-0.25, -0.2) is 0 Å². The molecule has 0 aliphatic heterocycles. The SMILES string of the molecule is CC(C)c1cccc(C#N)c1/C=N/O. The maximum atomic E-state index is 8.86. The van der Waals surface area contributed by atoms with Crippen LogP contribution in [0.4, 0.5) is 0 Å². The number of hydrogen-bond acceptors (Lipinski definition) is 3. The summed E-state index contributed by atoms with van der Waals surface area (Å²) in [4.78, 5) is 0. The zero-order chi connectivity index (χ0) is 10.6. The third-order valence-corrected chi connectivity index (χ3v) is 2.07. The largest absolute Gasteiger partial charge is 0.411 e. The van der Waals surface area contributed by atoms with Crippen molar-refractivity contribution in [2.24, 2.45) is 5.16 Å². The first-order chi connectivity index (χ1) is 6.70. The fraction of sp³-hybridized carbons (Fsp3) is 0.273. The summed E-state index contributed by atoms with van der Waals surface area (Å²) >= 11 is 0. The van der Waals surface area contributed by atoms with E-state index in [1.807, 2.05) is 26.0 Å². The van der Waals surface area contributed by atoms with Gasteiger partial charge in [-0.1, -0.05) is 31.1 Å². The van der Waals surface area contributed by atoms with E-state index in [-0.39, 0.29) is 0 Å². The normalized spacial score (nSPS) is 10.7. The van der Waals surface area contributed by atoms with Gasteiger partial charge in [-0.05, 0) is 17.5 Å². The third kappa shape index (κ3) is 1.91. The Hall–Kier alpha value is -1.82. The summed E-state index contributed by atoms with van der Waals surface area (Å²) in [5.41, 5.74) is 2.25. The fourth-order valence-electron chi connectivity index (χ4n) is 1.39. The van der Waals surface area contributed by atoms with Gasteiger partial charge in [0.25, 0.3) is 0 Å². The van der Waals surface area contributed by atoms with Crippen molar-refractivity contribution in [2.45, 2.75) is 19.8 Å². The van der Waals surface area contributed by atoms with Gasteiger partial charge in [-0.15, -0.1) is 0 Å². The molecular weight excluding hydrogens is 176 g/mol. The molecular formula is C11H12N2O. The van der Waals surface area contributed by atoms with E-state index >= 15 is 0 Å². The monoisotopic (exact) mass is 188 g/mol. The molecule has 0 atom stereocenters. The van der Waals surface area contributed by atoms with E-state index in [0.29, 0.717) is 17.0 Å². The lowest BCUT2D eigenvalue weighted by Gasteiger charge is -2.09. The lowest BCUT2D eigenvalue weighted by atomic mass is 9.94. The van der Waals surface area contributed by atoms with Crippen molar-refractivity contribution in [3.63, 3.8) is 0 Å². The predicted molar refractivity (Wildman–Crippen MR) is 54.6 cm³/mol. The van der Waals surface area contributed by atoms with E-state index < -0.39 is 0 Å². The molecule has 0 radical (unpaired) electrons. The summed E-state index contributed by atoms with van der Waals surface area (Å²) in [6.07, 6.45) is 1.31. The first kappa shape index (κ1) is 10.3. The molecule has 0 aliphatic rings. The van der Waals surface area contributed by atoms with Gasteiger partial charge >= 0.3 is 0 Å². The van der Waals surface area contributed by atoms with Crippen molar-refractivity contribution in [2.75, 3.05) is 0 Å². The summed E-state index contributed by atoms with van der Waals surface area (Å²) in [6, 6.07) is 7.55. The molecule has 1 aromatic rings. The molecule has 14 heavy (non-hydrogen) atoms. The van der Waals surface area contributed by atoms with Crippen LogP contribution < -0.4 is 0 Å². The van der Waals surface area contributed by atoms with Crippen LogP contribution in [0.15, 0.2) is 23.4 Å². The number of oxime groups is 1. The van der Waals surface area contributed by atoms with Crippen LogP contribution in [-0.2, 0) is 0 Å². The summed E-state index contributed by atoms with van der Waals surface area (Å²) in [7, 11) is 0. The van der Waals surface area contributed by atoms with Gasteiger partial charge in [0.1, 0.15) is 0 Å². The highest BCUT2D eigenvalue weighted by Crippen LogP contribution is 2.20. The molecule has 0 aromatic heterocycles. The van der Waals surface area contributed by atoms with Crippen molar-refractivity contribution < 1.29 is 5.21 Å². The van der Waals surface area contributed by atoms with E-state index in [1.54, 1.807) is 6.07 Å². The molecule has 0 heterocycles. The minimum Gasteiger partial charge on any atom is -0.411 e. The lowest BCUT2D eigenvalue weighted by Crippen LogP contribution is -1.98. The van der Waals surface area contributed by atoms with Crippen molar-refractivity contribution in [1.29, 1.82) is 5.26 Å². The van der Waals surface area contributed by atoms with Crippen molar-refractivity contribution in [3.05, 3.63) is 34.9 Å². The van der Waals surface area contributed by atoms with Crippen LogP contribution in [0.3, 0.4) is 0 Å². The Morgan fingerprint density at radius 2 is 2.21 bits per heavy atom. The second kappa shape index (κ2) is 4.43. The van der Waals surface area contributed by atoms with E-state index in [0.717, 1.165) is 5.56 Å². The van der Waals surface area contributed by atoms with Crippen LogP contribution in [0.5, 0.6) is 0 Å². The Morgan fingerprint density at radius 3 is 2.71 bits per heavy atom. The Kier molecular flexibility index (Phi) is 3.24. The highest BCUT2D eigenvalue weighted by atomic mass is 16.4. The number of rotatable bonds is 2. The minimum atomic E-state index is 0.302. The van der Waals surface area contributed by atoms with Gasteiger partial charge in [0, 0.05) is 5.56 Å². The maximum absolute atomic E-state index is 8.86. The average molecular weight is 188 g/mol. The summed E-state index contributed by atoms with van der Waals surface area (Å²) in [5.74, 6) is 0.302. The number of nitrogens with zero attached hydrogens (tertiary/aromatic N) is 2. The first-order valence-corrected chi connectivity index (χ1v) is 4.41. The van der Waals surface area contributed by atoms with Crippen LogP contribution in [0.1, 0.15) is 36.5 Å². The molecule has 3 heteroatoms. The van der Waals surface area contributed by atoms with Gasteiger partial charge < -0.3 is 5.21 Å². The second-order valence-corrected chi connectivity index (χ2v) is 3.32. The summed E-state index contributed by atoms with van der Waals surface area (Å²) in [5, 5.41) is 20.3. The Labute approximate surface area is 83.3 Å². The Balaban J connectivity index is 3.37. The number of hydrogen-bond donors (Lipinski definition) is 1. The molecule has 3 nitrogen and oxygen atoms in total. The molecule has 0 amide bonds. The Bertz CT molecular complexity index is 389. The predicted octanol–water partition coefficient (Wildman–Crippen LogP) is 2.49. The van der Waals surface area contributed by atoms with Crippen LogP contribution in [0.25, 0.3) is 0 Å². The highest BCUT2D eigenvalue weighted by Gasteiger charge is 2.08. The molecule has 0 saturated heterocycles. The molecule has 1 N–H and O–H groups in total. The molecule has 72 valence electrons. The van der Waals surface area contributed by atoms with Gasteiger partial charge in [0.05, 0.1) is 17.8 Å². The van der Waals surface area contributed by atoms with E-state index in [4.69, 9.17) is 10.5 Å². The van der Waals surface area contributed by atoms with Gasteiger partial charge in [0.15, 0.2) is 0 Å². The van der Waals surface area contributed by atoms with Crippen LogP contribution in [0, 0.1) is 11.3 Å². The van der Waals surface area contributed by atoms with E-state index in [9.17, 15) is 0 Å². The molecule has 0 unspecified atom stereocenters. The third-order valence-electron chi connectivity index (χ3n) is 2.07. The molecule has 0 bridgehead atoms. The molecule has 0 saturated carbocycles. The van der Waals surface area contributed by atoms with Crippen molar-refractivity contribution >= 4 is 6.21 Å².